The van der Waals surface area contributed by atoms with Gasteiger partial charge in [0.15, 0.2) is 11.2 Å². The Balaban J connectivity index is 2.02. The van der Waals surface area contributed by atoms with Gasteiger partial charge >= 0.3 is 5.69 Å². The van der Waals surface area contributed by atoms with Gasteiger partial charge < -0.3 is 14.6 Å². The molecule has 1 aromatic carbocycles. The topological polar surface area (TPSA) is 100 Å². The van der Waals surface area contributed by atoms with E-state index in [-0.39, 0.29) is 24.5 Å². The van der Waals surface area contributed by atoms with E-state index in [1.807, 2.05) is 30.3 Å². The van der Waals surface area contributed by atoms with Gasteiger partial charge in [-0.15, -0.1) is 0 Å². The number of carbonyl (C=O) groups excluding carboxylic acids is 1. The molecule has 0 unspecified atom stereocenters. The number of benzene rings is 1. The number of amides is 1. The molecule has 3 aromatic rings. The molecule has 0 fully saturated rings. The summed E-state index contributed by atoms with van der Waals surface area (Å²) in [5.74, 6) is -0.358. The third-order valence-electron chi connectivity index (χ3n) is 5.11. The highest BCUT2D eigenvalue weighted by molar-refractivity contribution is 5.76. The van der Waals surface area contributed by atoms with E-state index in [9.17, 15) is 14.4 Å². The summed E-state index contributed by atoms with van der Waals surface area (Å²) >= 11 is 0. The number of aromatic nitrogens is 4. The molecule has 0 spiro atoms. The Morgan fingerprint density at radius 1 is 1.13 bits per heavy atom. The highest BCUT2D eigenvalue weighted by Gasteiger charge is 2.19. The number of hydrogen-bond acceptors (Lipinski definition) is 5. The fraction of sp³-hybridized carbons (Fsp3) is 0.455. The quantitative estimate of drug-likeness (QED) is 0.466. The average Bonchev–Trinajstić information content (AvgIpc) is 3.20. The maximum atomic E-state index is 13.2. The van der Waals surface area contributed by atoms with E-state index >= 15 is 0 Å². The molecule has 0 aliphatic rings. The van der Waals surface area contributed by atoms with Crippen molar-refractivity contribution in [3.8, 4) is 0 Å². The standard InChI is InChI=1S/C22H29N5O4/c1-3-4-8-11-23-18(28)15-27-21(29)19-20(24-16-25(19)12-13-31-2)26(22(27)30)14-17-9-6-5-7-10-17/h5-7,9-10,16H,3-4,8,11-15H2,1-2H3,(H,23,28). The van der Waals surface area contributed by atoms with Crippen molar-refractivity contribution < 1.29 is 9.53 Å². The third-order valence-corrected chi connectivity index (χ3v) is 5.11. The Hall–Kier alpha value is -3.20. The number of carbonyl (C=O) groups is 1. The summed E-state index contributed by atoms with van der Waals surface area (Å²) in [5.41, 5.74) is 0.399. The van der Waals surface area contributed by atoms with E-state index < -0.39 is 11.2 Å². The minimum atomic E-state index is -0.554. The molecule has 3 rings (SSSR count). The molecule has 0 atom stereocenters. The molecule has 0 aliphatic carbocycles. The van der Waals surface area contributed by atoms with Crippen molar-refractivity contribution in [1.82, 2.24) is 24.0 Å². The lowest BCUT2D eigenvalue weighted by Gasteiger charge is -2.13. The highest BCUT2D eigenvalue weighted by atomic mass is 16.5. The molecule has 0 radical (unpaired) electrons. The van der Waals surface area contributed by atoms with Crippen LogP contribution in [0.4, 0.5) is 0 Å². The summed E-state index contributed by atoms with van der Waals surface area (Å²) in [5, 5.41) is 2.79. The first-order valence-corrected chi connectivity index (χ1v) is 10.5. The summed E-state index contributed by atoms with van der Waals surface area (Å²) in [7, 11) is 1.58. The SMILES string of the molecule is CCCCCNC(=O)Cn1c(=O)c2c(ncn2CCOC)n(Cc2ccccc2)c1=O. The van der Waals surface area contributed by atoms with Crippen LogP contribution in [0, 0.1) is 0 Å². The van der Waals surface area contributed by atoms with Gasteiger partial charge in [0, 0.05) is 20.2 Å². The number of hydrogen-bond donors (Lipinski definition) is 1. The van der Waals surface area contributed by atoms with E-state index in [2.05, 4.69) is 17.2 Å². The van der Waals surface area contributed by atoms with Crippen molar-refractivity contribution in [2.45, 2.75) is 45.8 Å². The maximum absolute atomic E-state index is 13.2. The zero-order valence-corrected chi connectivity index (χ0v) is 18.0. The van der Waals surface area contributed by atoms with Crippen LogP contribution in [0.2, 0.25) is 0 Å². The zero-order chi connectivity index (χ0) is 22.2. The van der Waals surface area contributed by atoms with Crippen LogP contribution in [0.1, 0.15) is 31.7 Å². The molecule has 9 nitrogen and oxygen atoms in total. The van der Waals surface area contributed by atoms with Crippen LogP contribution in [-0.4, -0.2) is 44.9 Å². The van der Waals surface area contributed by atoms with E-state index in [0.29, 0.717) is 25.3 Å². The first kappa shape index (κ1) is 22.5. The molecule has 0 saturated carbocycles. The zero-order valence-electron chi connectivity index (χ0n) is 18.0. The second-order valence-electron chi connectivity index (χ2n) is 7.41. The minimum Gasteiger partial charge on any atom is -0.383 e. The van der Waals surface area contributed by atoms with Crippen molar-refractivity contribution >= 4 is 17.1 Å². The molecule has 0 aliphatic heterocycles. The van der Waals surface area contributed by atoms with E-state index in [4.69, 9.17) is 4.74 Å². The summed E-state index contributed by atoms with van der Waals surface area (Å²) in [6, 6.07) is 9.46. The van der Waals surface area contributed by atoms with Crippen LogP contribution < -0.4 is 16.6 Å². The normalized spacial score (nSPS) is 11.2. The fourth-order valence-corrected chi connectivity index (χ4v) is 3.45. The van der Waals surface area contributed by atoms with Gasteiger partial charge in [-0.1, -0.05) is 50.1 Å². The van der Waals surface area contributed by atoms with Crippen molar-refractivity contribution in [2.75, 3.05) is 20.3 Å². The number of nitrogens with one attached hydrogen (secondary N) is 1. The number of nitrogens with zero attached hydrogens (tertiary/aromatic N) is 4. The van der Waals surface area contributed by atoms with Crippen LogP contribution in [0.25, 0.3) is 11.2 Å². The second kappa shape index (κ2) is 10.7. The van der Waals surface area contributed by atoms with Crippen LogP contribution in [-0.2, 0) is 29.2 Å². The van der Waals surface area contributed by atoms with Crippen molar-refractivity contribution in [3.63, 3.8) is 0 Å². The van der Waals surface area contributed by atoms with Crippen LogP contribution >= 0.6 is 0 Å². The lowest BCUT2D eigenvalue weighted by molar-refractivity contribution is -0.121. The fourth-order valence-electron chi connectivity index (χ4n) is 3.45. The van der Waals surface area contributed by atoms with E-state index in [1.54, 1.807) is 11.7 Å². The molecule has 1 N–H and O–H groups in total. The Kier molecular flexibility index (Phi) is 7.77. The molecular weight excluding hydrogens is 398 g/mol. The molecule has 0 saturated heterocycles. The third kappa shape index (κ3) is 5.29. The Morgan fingerprint density at radius 3 is 2.61 bits per heavy atom. The van der Waals surface area contributed by atoms with Gasteiger partial charge in [0.05, 0.1) is 19.5 Å². The van der Waals surface area contributed by atoms with Gasteiger partial charge in [-0.3, -0.25) is 14.2 Å². The molecule has 0 bridgehead atoms. The van der Waals surface area contributed by atoms with Crippen LogP contribution in [0.5, 0.6) is 0 Å². The highest BCUT2D eigenvalue weighted by Crippen LogP contribution is 2.10. The van der Waals surface area contributed by atoms with Gasteiger partial charge in [0.2, 0.25) is 5.91 Å². The second-order valence-corrected chi connectivity index (χ2v) is 7.41. The van der Waals surface area contributed by atoms with Crippen LogP contribution in [0.3, 0.4) is 0 Å². The van der Waals surface area contributed by atoms with Gasteiger partial charge in [-0.05, 0) is 12.0 Å². The number of fused-ring (bicyclic) bond motifs is 1. The monoisotopic (exact) mass is 427 g/mol. The Bertz CT molecular complexity index is 1130. The molecule has 2 aromatic heterocycles. The van der Waals surface area contributed by atoms with E-state index in [0.717, 1.165) is 29.4 Å². The summed E-state index contributed by atoms with van der Waals surface area (Å²) in [6.07, 6.45) is 4.44. The number of methoxy groups -OCH3 is 1. The Labute approximate surface area is 180 Å². The number of imidazole rings is 1. The first-order chi connectivity index (χ1) is 15.1. The van der Waals surface area contributed by atoms with Gasteiger partial charge in [0.1, 0.15) is 6.54 Å². The summed E-state index contributed by atoms with van der Waals surface area (Å²) < 4.78 is 9.22. The molecule has 1 amide bonds. The average molecular weight is 428 g/mol. The number of rotatable bonds is 11. The number of unbranched alkanes of at least 4 members (excludes halogenated alkanes) is 2. The molecule has 9 heteroatoms. The lowest BCUT2D eigenvalue weighted by atomic mass is 10.2. The van der Waals surface area contributed by atoms with Gasteiger partial charge in [-0.25, -0.2) is 14.3 Å². The van der Waals surface area contributed by atoms with Crippen molar-refractivity contribution in [1.29, 1.82) is 0 Å². The summed E-state index contributed by atoms with van der Waals surface area (Å²) in [4.78, 5) is 43.1. The largest absolute Gasteiger partial charge is 0.383 e. The van der Waals surface area contributed by atoms with Gasteiger partial charge in [0.25, 0.3) is 5.56 Å². The van der Waals surface area contributed by atoms with Crippen molar-refractivity contribution in [3.05, 3.63) is 63.1 Å². The maximum Gasteiger partial charge on any atom is 0.333 e. The lowest BCUT2D eigenvalue weighted by Crippen LogP contribution is -2.44. The molecule has 166 valence electrons. The van der Waals surface area contributed by atoms with Gasteiger partial charge in [-0.2, -0.15) is 0 Å². The predicted octanol–water partition coefficient (Wildman–Crippen LogP) is 1.36. The summed E-state index contributed by atoms with van der Waals surface area (Å²) in [6.45, 7) is 3.32. The van der Waals surface area contributed by atoms with Crippen molar-refractivity contribution in [2.24, 2.45) is 0 Å². The first-order valence-electron chi connectivity index (χ1n) is 10.5. The molecule has 31 heavy (non-hydrogen) atoms. The smallest absolute Gasteiger partial charge is 0.333 e. The van der Waals surface area contributed by atoms with E-state index in [1.165, 1.54) is 10.9 Å². The molecular formula is C22H29N5O4. The minimum absolute atomic E-state index is 0.246. The Morgan fingerprint density at radius 2 is 1.90 bits per heavy atom. The molecule has 2 heterocycles. The number of ether oxygens (including phenoxy) is 1. The van der Waals surface area contributed by atoms with Crippen LogP contribution in [0.15, 0.2) is 46.2 Å². The predicted molar refractivity (Wildman–Crippen MR) is 118 cm³/mol.